The van der Waals surface area contributed by atoms with E-state index in [1.807, 2.05) is 0 Å². The SMILES string of the molecule is CC1CCC(CCCCC2CCC(c3cc[c-]c(F)c3)CC2)CC1.[Y]. The van der Waals surface area contributed by atoms with E-state index in [2.05, 4.69) is 19.1 Å². The Hall–Kier alpha value is 0.254. The smallest absolute Gasteiger partial charge is 0.0111 e. The van der Waals surface area contributed by atoms with Crippen molar-refractivity contribution in [3.05, 3.63) is 35.6 Å². The van der Waals surface area contributed by atoms with Crippen LogP contribution in [-0.2, 0) is 32.7 Å². The maximum atomic E-state index is 13.3. The number of halogens is 1. The molecule has 0 nitrogen and oxygen atoms in total. The summed E-state index contributed by atoms with van der Waals surface area (Å²) in [5.74, 6) is 3.31. The van der Waals surface area contributed by atoms with E-state index in [1.165, 1.54) is 82.6 Å². The van der Waals surface area contributed by atoms with Crippen molar-refractivity contribution in [2.45, 2.75) is 89.9 Å². The molecule has 25 heavy (non-hydrogen) atoms. The van der Waals surface area contributed by atoms with Crippen LogP contribution in [-0.4, -0.2) is 0 Å². The van der Waals surface area contributed by atoms with Gasteiger partial charge in [-0.25, -0.2) is 4.39 Å². The quantitative estimate of drug-likeness (QED) is 0.336. The Labute approximate surface area is 179 Å². The molecule has 0 unspecified atom stereocenters. The van der Waals surface area contributed by atoms with Gasteiger partial charge in [-0.3, -0.25) is 0 Å². The van der Waals surface area contributed by atoms with Gasteiger partial charge in [0.05, 0.1) is 0 Å². The van der Waals surface area contributed by atoms with Gasteiger partial charge < -0.3 is 0 Å². The summed E-state index contributed by atoms with van der Waals surface area (Å²) in [7, 11) is 0. The normalized spacial score (nSPS) is 29.8. The largest absolute Gasteiger partial charge is 0.236 e. The standard InChI is InChI=1S/C23H34F.Y/c1-18-9-11-19(12-10-18)5-2-3-6-20-13-15-21(16-14-20)22-7-4-8-23(24)17-22;/h4,7,17-21H,2-3,5-6,9-16H2,1H3;/q-1;. The Morgan fingerprint density at radius 3 is 2.04 bits per heavy atom. The fourth-order valence-electron chi connectivity index (χ4n) is 4.98. The molecule has 2 aliphatic carbocycles. The van der Waals surface area contributed by atoms with E-state index < -0.39 is 0 Å². The minimum atomic E-state index is -0.202. The summed E-state index contributed by atoms with van der Waals surface area (Å²) in [6.45, 7) is 2.41. The molecular weight excluding hydrogens is 384 g/mol. The molecule has 0 bridgehead atoms. The molecule has 0 atom stereocenters. The van der Waals surface area contributed by atoms with Gasteiger partial charge in [0.25, 0.3) is 0 Å². The Morgan fingerprint density at radius 1 is 0.920 bits per heavy atom. The number of hydrogen-bond donors (Lipinski definition) is 0. The number of unbranched alkanes of at least 4 members (excludes halogenated alkanes) is 1. The summed E-state index contributed by atoms with van der Waals surface area (Å²) < 4.78 is 13.3. The zero-order chi connectivity index (χ0) is 16.8. The van der Waals surface area contributed by atoms with Crippen molar-refractivity contribution in [1.82, 2.24) is 0 Å². The third-order valence-electron chi connectivity index (χ3n) is 6.72. The molecule has 1 radical (unpaired) electrons. The minimum Gasteiger partial charge on any atom is -0.236 e. The molecule has 0 aliphatic heterocycles. The van der Waals surface area contributed by atoms with Crippen molar-refractivity contribution in [3.8, 4) is 0 Å². The van der Waals surface area contributed by atoms with E-state index >= 15 is 0 Å². The van der Waals surface area contributed by atoms with Crippen LogP contribution < -0.4 is 0 Å². The molecule has 3 rings (SSSR count). The summed E-state index contributed by atoms with van der Waals surface area (Å²) in [6, 6.07) is 8.10. The van der Waals surface area contributed by atoms with Crippen LogP contribution in [0.25, 0.3) is 0 Å². The molecule has 2 saturated carbocycles. The summed E-state index contributed by atoms with van der Waals surface area (Å²) in [5.41, 5.74) is 1.19. The molecule has 0 aromatic heterocycles. The Balaban J connectivity index is 0.00000225. The van der Waals surface area contributed by atoms with Gasteiger partial charge in [0, 0.05) is 38.5 Å². The van der Waals surface area contributed by atoms with Gasteiger partial charge >= 0.3 is 0 Å². The van der Waals surface area contributed by atoms with E-state index in [9.17, 15) is 4.39 Å². The van der Waals surface area contributed by atoms with Crippen molar-refractivity contribution in [2.24, 2.45) is 17.8 Å². The van der Waals surface area contributed by atoms with E-state index in [0.717, 1.165) is 17.8 Å². The topological polar surface area (TPSA) is 0 Å². The summed E-state index contributed by atoms with van der Waals surface area (Å²) >= 11 is 0. The van der Waals surface area contributed by atoms with E-state index in [-0.39, 0.29) is 38.5 Å². The van der Waals surface area contributed by atoms with Crippen LogP contribution in [0, 0.1) is 29.6 Å². The molecule has 2 fully saturated rings. The van der Waals surface area contributed by atoms with Crippen molar-refractivity contribution in [3.63, 3.8) is 0 Å². The molecule has 0 spiro atoms. The monoisotopic (exact) mass is 418 g/mol. The molecule has 0 N–H and O–H groups in total. The molecule has 1 aromatic rings. The molecule has 1 aromatic carbocycles. The van der Waals surface area contributed by atoms with E-state index in [1.54, 1.807) is 12.1 Å². The third-order valence-corrected chi connectivity index (χ3v) is 6.72. The first-order chi connectivity index (χ1) is 11.7. The van der Waals surface area contributed by atoms with Gasteiger partial charge in [-0.1, -0.05) is 58.3 Å². The number of rotatable bonds is 6. The molecular formula is C23H34FY-. The van der Waals surface area contributed by atoms with Gasteiger partial charge in [0.1, 0.15) is 0 Å². The van der Waals surface area contributed by atoms with Crippen molar-refractivity contribution < 1.29 is 37.1 Å². The van der Waals surface area contributed by atoms with Gasteiger partial charge in [-0.05, 0) is 49.4 Å². The molecule has 0 heterocycles. The second kappa shape index (κ2) is 11.2. The third kappa shape index (κ3) is 7.06. The predicted molar refractivity (Wildman–Crippen MR) is 99.5 cm³/mol. The van der Waals surface area contributed by atoms with Crippen molar-refractivity contribution in [1.29, 1.82) is 0 Å². The fourth-order valence-corrected chi connectivity index (χ4v) is 4.98. The molecule has 137 valence electrons. The fraction of sp³-hybridized carbons (Fsp3) is 0.739. The average Bonchev–Trinajstić information content (AvgIpc) is 2.61. The van der Waals surface area contributed by atoms with Gasteiger partial charge in [-0.2, -0.15) is 17.7 Å². The average molecular weight is 418 g/mol. The maximum Gasteiger partial charge on any atom is 0.0111 e. The first-order valence-corrected chi connectivity index (χ1v) is 10.4. The van der Waals surface area contributed by atoms with Crippen molar-refractivity contribution >= 4 is 0 Å². The van der Waals surface area contributed by atoms with Gasteiger partial charge in [0.2, 0.25) is 0 Å². The Kier molecular flexibility index (Phi) is 9.64. The van der Waals surface area contributed by atoms with Crippen LogP contribution >= 0.6 is 0 Å². The van der Waals surface area contributed by atoms with Crippen LogP contribution in [0.4, 0.5) is 4.39 Å². The minimum absolute atomic E-state index is 0. The zero-order valence-electron chi connectivity index (χ0n) is 16.0. The zero-order valence-corrected chi connectivity index (χ0v) is 18.8. The molecule has 0 amide bonds. The van der Waals surface area contributed by atoms with E-state index in [0.29, 0.717) is 5.92 Å². The summed E-state index contributed by atoms with van der Waals surface area (Å²) in [4.78, 5) is 0. The first-order valence-electron chi connectivity index (χ1n) is 10.4. The molecule has 0 saturated heterocycles. The van der Waals surface area contributed by atoms with Gasteiger partial charge in [-0.15, -0.1) is 12.1 Å². The van der Waals surface area contributed by atoms with Crippen LogP contribution in [0.1, 0.15) is 95.5 Å². The van der Waals surface area contributed by atoms with E-state index in [4.69, 9.17) is 0 Å². The Morgan fingerprint density at radius 2 is 1.48 bits per heavy atom. The second-order valence-electron chi connectivity index (χ2n) is 8.60. The number of hydrogen-bond acceptors (Lipinski definition) is 0. The predicted octanol–water partition coefficient (Wildman–Crippen LogP) is 7.28. The number of benzene rings is 1. The van der Waals surface area contributed by atoms with Crippen LogP contribution in [0.15, 0.2) is 18.2 Å². The Bertz CT molecular complexity index is 485. The van der Waals surface area contributed by atoms with Crippen LogP contribution in [0.5, 0.6) is 0 Å². The second-order valence-corrected chi connectivity index (χ2v) is 8.60. The van der Waals surface area contributed by atoms with Gasteiger partial charge in [0.15, 0.2) is 0 Å². The van der Waals surface area contributed by atoms with Crippen LogP contribution in [0.3, 0.4) is 0 Å². The van der Waals surface area contributed by atoms with Crippen LogP contribution in [0.2, 0.25) is 0 Å². The summed E-state index contributed by atoms with van der Waals surface area (Å²) in [5, 5.41) is 0. The first kappa shape index (κ1) is 21.6. The van der Waals surface area contributed by atoms with Crippen molar-refractivity contribution in [2.75, 3.05) is 0 Å². The molecule has 2 aliphatic rings. The molecule has 2 heteroatoms. The maximum absolute atomic E-state index is 13.3. The summed E-state index contributed by atoms with van der Waals surface area (Å²) in [6.07, 6.45) is 16.8.